The van der Waals surface area contributed by atoms with Gasteiger partial charge < -0.3 is 29.9 Å². The number of hydrogen-bond acceptors (Lipinski definition) is 6. The van der Waals surface area contributed by atoms with Gasteiger partial charge in [0.2, 0.25) is 0 Å². The van der Waals surface area contributed by atoms with Crippen LogP contribution < -0.4 is 4.74 Å². The van der Waals surface area contributed by atoms with E-state index in [-0.39, 0.29) is 41.8 Å². The molecular weight excluding hydrogens is 324 g/mol. The number of phenols is 3. The van der Waals surface area contributed by atoms with Gasteiger partial charge in [0.05, 0.1) is 19.8 Å². The monoisotopic (exact) mass is 346 g/mol. The lowest BCUT2D eigenvalue weighted by molar-refractivity contribution is 0.0717. The van der Waals surface area contributed by atoms with Crippen molar-refractivity contribution in [3.63, 3.8) is 0 Å². The standard InChI is InChI=1S/C19H22O6/c1-24-18-8-12(3-5-16(18)22)19-14(9-20)13(10-25-19)6-11-2-4-15(21)17(23)7-11/h2-5,7-8,13-14,19-23H,6,9-10H2,1H3. The molecule has 0 aromatic heterocycles. The molecule has 2 aromatic carbocycles. The lowest BCUT2D eigenvalue weighted by atomic mass is 9.84. The normalized spacial score (nSPS) is 22.9. The van der Waals surface area contributed by atoms with Crippen LogP contribution in [-0.4, -0.2) is 40.7 Å². The topological polar surface area (TPSA) is 99.4 Å². The largest absolute Gasteiger partial charge is 0.504 e. The van der Waals surface area contributed by atoms with E-state index in [4.69, 9.17) is 9.47 Å². The van der Waals surface area contributed by atoms with Crippen molar-refractivity contribution >= 4 is 0 Å². The number of aliphatic hydroxyl groups is 1. The fourth-order valence-corrected chi connectivity index (χ4v) is 3.39. The number of rotatable bonds is 5. The van der Waals surface area contributed by atoms with Gasteiger partial charge in [-0.3, -0.25) is 0 Å². The van der Waals surface area contributed by atoms with Gasteiger partial charge in [0.25, 0.3) is 0 Å². The molecule has 1 heterocycles. The number of ether oxygens (including phenoxy) is 2. The second-order valence-corrected chi connectivity index (χ2v) is 6.32. The Kier molecular flexibility index (Phi) is 5.01. The Labute approximate surface area is 145 Å². The summed E-state index contributed by atoms with van der Waals surface area (Å²) in [4.78, 5) is 0. The molecule has 4 N–H and O–H groups in total. The van der Waals surface area contributed by atoms with E-state index in [1.165, 1.54) is 19.2 Å². The molecule has 0 spiro atoms. The first-order valence-corrected chi connectivity index (χ1v) is 8.13. The van der Waals surface area contributed by atoms with Gasteiger partial charge >= 0.3 is 0 Å². The summed E-state index contributed by atoms with van der Waals surface area (Å²) in [6.45, 7) is 0.434. The van der Waals surface area contributed by atoms with Crippen molar-refractivity contribution in [1.82, 2.24) is 0 Å². The van der Waals surface area contributed by atoms with Crippen LogP contribution >= 0.6 is 0 Å². The maximum Gasteiger partial charge on any atom is 0.160 e. The van der Waals surface area contributed by atoms with E-state index in [1.807, 2.05) is 0 Å². The van der Waals surface area contributed by atoms with Crippen LogP contribution in [0.3, 0.4) is 0 Å². The molecule has 2 aromatic rings. The first-order chi connectivity index (χ1) is 12.0. The van der Waals surface area contributed by atoms with E-state index in [0.717, 1.165) is 11.1 Å². The Hall–Kier alpha value is -2.44. The van der Waals surface area contributed by atoms with Crippen molar-refractivity contribution in [3.05, 3.63) is 47.5 Å². The molecule has 1 fully saturated rings. The van der Waals surface area contributed by atoms with E-state index >= 15 is 0 Å². The van der Waals surface area contributed by atoms with E-state index in [0.29, 0.717) is 18.8 Å². The van der Waals surface area contributed by atoms with E-state index in [1.54, 1.807) is 24.3 Å². The van der Waals surface area contributed by atoms with Crippen LogP contribution in [-0.2, 0) is 11.2 Å². The highest BCUT2D eigenvalue weighted by atomic mass is 16.5. The SMILES string of the molecule is COc1cc(C2OCC(Cc3ccc(O)c(O)c3)C2CO)ccc1O. The maximum absolute atomic E-state index is 9.88. The van der Waals surface area contributed by atoms with Crippen LogP contribution in [0.15, 0.2) is 36.4 Å². The molecule has 3 unspecified atom stereocenters. The van der Waals surface area contributed by atoms with E-state index < -0.39 is 0 Å². The summed E-state index contributed by atoms with van der Waals surface area (Å²) < 4.78 is 11.1. The highest BCUT2D eigenvalue weighted by Gasteiger charge is 2.38. The van der Waals surface area contributed by atoms with Gasteiger partial charge in [0.15, 0.2) is 23.0 Å². The second-order valence-electron chi connectivity index (χ2n) is 6.32. The lowest BCUT2D eigenvalue weighted by Gasteiger charge is -2.22. The molecule has 3 rings (SSSR count). The number of hydrogen-bond donors (Lipinski definition) is 4. The van der Waals surface area contributed by atoms with Crippen LogP contribution in [0.1, 0.15) is 17.2 Å². The molecule has 0 aliphatic carbocycles. The van der Waals surface area contributed by atoms with Crippen molar-refractivity contribution in [2.45, 2.75) is 12.5 Å². The minimum Gasteiger partial charge on any atom is -0.504 e. The summed E-state index contributed by atoms with van der Waals surface area (Å²) in [6.07, 6.45) is 0.320. The minimum atomic E-state index is -0.296. The Morgan fingerprint density at radius 1 is 1.04 bits per heavy atom. The molecule has 134 valence electrons. The van der Waals surface area contributed by atoms with Crippen LogP contribution in [0.2, 0.25) is 0 Å². The Morgan fingerprint density at radius 3 is 2.48 bits per heavy atom. The Bertz CT molecular complexity index is 745. The van der Waals surface area contributed by atoms with Gasteiger partial charge in [-0.05, 0) is 47.7 Å². The van der Waals surface area contributed by atoms with Crippen molar-refractivity contribution in [3.8, 4) is 23.0 Å². The van der Waals surface area contributed by atoms with Gasteiger partial charge in [-0.2, -0.15) is 0 Å². The predicted octanol–water partition coefficient (Wildman–Crippen LogP) is 2.35. The molecule has 0 bridgehead atoms. The highest BCUT2D eigenvalue weighted by Crippen LogP contribution is 2.42. The number of aliphatic hydroxyl groups excluding tert-OH is 1. The van der Waals surface area contributed by atoms with Crippen molar-refractivity contribution in [1.29, 1.82) is 0 Å². The predicted molar refractivity (Wildman–Crippen MR) is 90.9 cm³/mol. The fraction of sp³-hybridized carbons (Fsp3) is 0.368. The molecule has 1 aliphatic heterocycles. The average molecular weight is 346 g/mol. The Balaban J connectivity index is 1.79. The maximum atomic E-state index is 9.88. The molecule has 6 heteroatoms. The van der Waals surface area contributed by atoms with Crippen LogP contribution in [0.5, 0.6) is 23.0 Å². The summed E-state index contributed by atoms with van der Waals surface area (Å²) in [5.41, 5.74) is 1.70. The zero-order valence-corrected chi connectivity index (χ0v) is 13.9. The zero-order valence-electron chi connectivity index (χ0n) is 13.9. The number of benzene rings is 2. The molecule has 3 atom stereocenters. The van der Waals surface area contributed by atoms with E-state index in [2.05, 4.69) is 0 Å². The lowest BCUT2D eigenvalue weighted by Crippen LogP contribution is -2.21. The molecule has 1 saturated heterocycles. The van der Waals surface area contributed by atoms with Crippen molar-refractivity contribution in [2.24, 2.45) is 11.8 Å². The quantitative estimate of drug-likeness (QED) is 0.620. The summed E-state index contributed by atoms with van der Waals surface area (Å²) in [5.74, 6) is 0.0607. The molecular formula is C19H22O6. The second kappa shape index (κ2) is 7.21. The first kappa shape index (κ1) is 17.4. The minimum absolute atomic E-state index is 0.0391. The molecule has 0 amide bonds. The summed E-state index contributed by atoms with van der Waals surface area (Å²) in [6, 6.07) is 9.77. The fourth-order valence-electron chi connectivity index (χ4n) is 3.39. The van der Waals surface area contributed by atoms with Gasteiger partial charge in [0.1, 0.15) is 0 Å². The van der Waals surface area contributed by atoms with Crippen molar-refractivity contribution in [2.75, 3.05) is 20.3 Å². The number of methoxy groups -OCH3 is 1. The van der Waals surface area contributed by atoms with Gasteiger partial charge in [-0.1, -0.05) is 12.1 Å². The molecule has 0 saturated carbocycles. The Morgan fingerprint density at radius 2 is 1.80 bits per heavy atom. The zero-order chi connectivity index (χ0) is 18.0. The van der Waals surface area contributed by atoms with Gasteiger partial charge in [0, 0.05) is 12.5 Å². The summed E-state index contributed by atoms with van der Waals surface area (Å²) in [5, 5.41) is 38.7. The summed E-state index contributed by atoms with van der Waals surface area (Å²) >= 11 is 0. The highest BCUT2D eigenvalue weighted by molar-refractivity contribution is 5.43. The first-order valence-electron chi connectivity index (χ1n) is 8.13. The van der Waals surface area contributed by atoms with E-state index in [9.17, 15) is 20.4 Å². The molecule has 6 nitrogen and oxygen atoms in total. The molecule has 25 heavy (non-hydrogen) atoms. The third kappa shape index (κ3) is 3.50. The number of phenolic OH excluding ortho intramolecular Hbond substituents is 3. The smallest absolute Gasteiger partial charge is 0.160 e. The average Bonchev–Trinajstić information content (AvgIpc) is 3.01. The summed E-state index contributed by atoms with van der Waals surface area (Å²) in [7, 11) is 1.48. The third-order valence-corrected chi connectivity index (χ3v) is 4.77. The molecule has 1 aliphatic rings. The van der Waals surface area contributed by atoms with Crippen molar-refractivity contribution < 1.29 is 29.9 Å². The molecule has 0 radical (unpaired) electrons. The van der Waals surface area contributed by atoms with Crippen LogP contribution in [0.25, 0.3) is 0 Å². The number of aromatic hydroxyl groups is 3. The van der Waals surface area contributed by atoms with Crippen LogP contribution in [0.4, 0.5) is 0 Å². The third-order valence-electron chi connectivity index (χ3n) is 4.77. The van der Waals surface area contributed by atoms with Gasteiger partial charge in [-0.15, -0.1) is 0 Å². The van der Waals surface area contributed by atoms with Gasteiger partial charge in [-0.25, -0.2) is 0 Å². The van der Waals surface area contributed by atoms with Crippen LogP contribution in [0, 0.1) is 11.8 Å².